The number of hydrogen-bond donors (Lipinski definition) is 2. The fourth-order valence-corrected chi connectivity index (χ4v) is 7.22. The van der Waals surface area contributed by atoms with Gasteiger partial charge in [0.1, 0.15) is 6.04 Å². The zero-order chi connectivity index (χ0) is 35.4. The van der Waals surface area contributed by atoms with E-state index in [0.29, 0.717) is 6.42 Å². The molecule has 0 amide bonds. The van der Waals surface area contributed by atoms with Crippen LogP contribution in [-0.2, 0) is 34.2 Å². The van der Waals surface area contributed by atoms with Crippen molar-refractivity contribution in [3.8, 4) is 0 Å². The lowest BCUT2D eigenvalue weighted by Gasteiger charge is -2.39. The van der Waals surface area contributed by atoms with Gasteiger partial charge in [0, 0.05) is 0 Å². The molecule has 1 unspecified atom stereocenters. The Morgan fingerprint density at radius 2 is 1.26 bits per heavy atom. The molecule has 0 spiro atoms. The number of benzene rings is 5. The van der Waals surface area contributed by atoms with Gasteiger partial charge in [-0.25, -0.2) is 0 Å². The largest absolute Gasteiger partial charge is 0.480 e. The zero-order valence-electron chi connectivity index (χ0n) is 28.1. The molecule has 8 nitrogen and oxygen atoms in total. The predicted octanol–water partition coefficient (Wildman–Crippen LogP) is 7.71. The van der Waals surface area contributed by atoms with Crippen LogP contribution in [0.25, 0.3) is 10.8 Å². The van der Waals surface area contributed by atoms with Crippen molar-refractivity contribution in [2.45, 2.75) is 55.5 Å². The lowest BCUT2D eigenvalue weighted by Crippen LogP contribution is -2.53. The van der Waals surface area contributed by atoms with Crippen molar-refractivity contribution < 1.29 is 32.0 Å². The summed E-state index contributed by atoms with van der Waals surface area (Å²) >= 11 is 0. The Bertz CT molecular complexity index is 1850. The van der Waals surface area contributed by atoms with Crippen LogP contribution in [0.15, 0.2) is 138 Å². The summed E-state index contributed by atoms with van der Waals surface area (Å²) in [7, 11) is -4.06. The minimum atomic E-state index is -4.06. The maximum absolute atomic E-state index is 13.5. The zero-order valence-corrected chi connectivity index (χ0v) is 28.9. The van der Waals surface area contributed by atoms with Gasteiger partial charge < -0.3 is 9.84 Å². The number of carboxylic acids is 1. The van der Waals surface area contributed by atoms with E-state index in [4.69, 9.17) is 8.92 Å². The third-order valence-corrected chi connectivity index (χ3v) is 10.2. The first-order valence-electron chi connectivity index (χ1n) is 17.0. The van der Waals surface area contributed by atoms with Gasteiger partial charge in [0.15, 0.2) is 0 Å². The molecule has 50 heavy (non-hydrogen) atoms. The van der Waals surface area contributed by atoms with Crippen LogP contribution in [0.3, 0.4) is 0 Å². The van der Waals surface area contributed by atoms with Crippen LogP contribution in [0.2, 0.25) is 0 Å². The molecule has 0 aromatic heterocycles. The Morgan fingerprint density at radius 3 is 1.80 bits per heavy atom. The predicted molar refractivity (Wildman–Crippen MR) is 194 cm³/mol. The number of fused-ring (bicyclic) bond motifs is 1. The molecule has 0 aliphatic rings. The van der Waals surface area contributed by atoms with E-state index in [9.17, 15) is 23.1 Å². The van der Waals surface area contributed by atoms with Gasteiger partial charge in [-0.15, -0.1) is 0 Å². The van der Waals surface area contributed by atoms with Crippen LogP contribution in [0.5, 0.6) is 0 Å². The summed E-state index contributed by atoms with van der Waals surface area (Å²) in [6.45, 7) is 2.02. The molecule has 0 aliphatic heterocycles. The van der Waals surface area contributed by atoms with E-state index in [1.54, 1.807) is 12.1 Å². The number of nitrogens with one attached hydrogen (secondary N) is 1. The third-order valence-electron chi connectivity index (χ3n) is 8.85. The molecule has 260 valence electrons. The van der Waals surface area contributed by atoms with Crippen molar-refractivity contribution in [2.24, 2.45) is 5.92 Å². The minimum absolute atomic E-state index is 0.0425. The maximum atomic E-state index is 13.5. The normalized spacial score (nSPS) is 13.1. The summed E-state index contributed by atoms with van der Waals surface area (Å²) in [5.74, 6) is -2.49. The van der Waals surface area contributed by atoms with E-state index < -0.39 is 39.6 Å². The molecule has 9 heteroatoms. The van der Waals surface area contributed by atoms with E-state index in [1.807, 2.05) is 122 Å². The molecule has 0 radical (unpaired) electrons. The van der Waals surface area contributed by atoms with Crippen LogP contribution < -0.4 is 5.32 Å². The highest BCUT2D eigenvalue weighted by molar-refractivity contribution is 7.86. The van der Waals surface area contributed by atoms with Gasteiger partial charge in [-0.05, 0) is 65.3 Å². The van der Waals surface area contributed by atoms with Crippen molar-refractivity contribution in [1.82, 2.24) is 5.32 Å². The van der Waals surface area contributed by atoms with Crippen LogP contribution in [0.1, 0.15) is 55.7 Å². The van der Waals surface area contributed by atoms with E-state index in [0.717, 1.165) is 33.9 Å². The smallest absolute Gasteiger partial charge is 0.320 e. The first kappa shape index (κ1) is 36.5. The molecule has 0 aliphatic carbocycles. The Labute approximate surface area is 294 Å². The molecule has 2 atom stereocenters. The number of unbranched alkanes of at least 4 members (excludes halogenated alkanes) is 1. The monoisotopic (exact) mass is 693 g/mol. The number of carboxylic acid groups (broad SMARTS) is 1. The number of carbonyl (C=O) groups is 2. The molecule has 5 aromatic carbocycles. The van der Waals surface area contributed by atoms with Crippen molar-refractivity contribution in [3.63, 3.8) is 0 Å². The van der Waals surface area contributed by atoms with Crippen LogP contribution in [0, 0.1) is 5.92 Å². The van der Waals surface area contributed by atoms with Gasteiger partial charge in [-0.1, -0.05) is 135 Å². The second-order valence-corrected chi connectivity index (χ2v) is 13.9. The topological polar surface area (TPSA) is 119 Å². The highest BCUT2D eigenvalue weighted by Gasteiger charge is 2.41. The molecule has 5 aromatic rings. The quantitative estimate of drug-likeness (QED) is 0.0415. The molecule has 0 saturated heterocycles. The Balaban J connectivity index is 1.40. The Morgan fingerprint density at radius 1 is 0.720 bits per heavy atom. The fraction of sp³-hybridized carbons (Fsp3) is 0.268. The summed E-state index contributed by atoms with van der Waals surface area (Å²) in [4.78, 5) is 26.6. The van der Waals surface area contributed by atoms with Crippen LogP contribution >= 0.6 is 0 Å². The summed E-state index contributed by atoms with van der Waals surface area (Å²) in [6, 6.07) is 40.0. The van der Waals surface area contributed by atoms with Gasteiger partial charge in [-0.2, -0.15) is 8.42 Å². The number of aliphatic carboxylic acids is 1. The molecule has 0 bridgehead atoms. The summed E-state index contributed by atoms with van der Waals surface area (Å²) < 4.78 is 37.1. The van der Waals surface area contributed by atoms with Crippen LogP contribution in [0.4, 0.5) is 0 Å². The Hall–Kier alpha value is -4.83. The summed E-state index contributed by atoms with van der Waals surface area (Å²) in [6.07, 6.45) is 1.76. The number of ether oxygens (including phenoxy) is 1. The average Bonchev–Trinajstić information content (AvgIpc) is 3.15. The lowest BCUT2D eigenvalue weighted by molar-refractivity contribution is -0.150. The molecular weight excluding hydrogens is 651 g/mol. The molecule has 0 saturated carbocycles. The van der Waals surface area contributed by atoms with Crippen molar-refractivity contribution in [2.75, 3.05) is 13.2 Å². The van der Waals surface area contributed by atoms with E-state index >= 15 is 0 Å². The van der Waals surface area contributed by atoms with E-state index in [-0.39, 0.29) is 37.4 Å². The molecule has 5 rings (SSSR count). The molecule has 2 N–H and O–H groups in total. The van der Waals surface area contributed by atoms with E-state index in [2.05, 4.69) is 5.32 Å². The molecule has 0 fully saturated rings. The fourth-order valence-electron chi connectivity index (χ4n) is 6.24. The van der Waals surface area contributed by atoms with Crippen molar-refractivity contribution in [1.29, 1.82) is 0 Å². The number of rotatable bonds is 18. The van der Waals surface area contributed by atoms with E-state index in [1.165, 1.54) is 6.07 Å². The number of esters is 1. The first-order valence-corrected chi connectivity index (χ1v) is 18.4. The van der Waals surface area contributed by atoms with Gasteiger partial charge in [0.2, 0.25) is 0 Å². The maximum Gasteiger partial charge on any atom is 0.320 e. The standard InChI is InChI=1S/C41H43NO7S/c1-2-3-27-48-40(45)33(18-15-28-49-50(46,47)37-26-25-31-16-13-14-17-32(31)29-37)30-38(39(43)44)42-41(34-19-7-4-8-20-34,35-21-9-5-10-22-35)36-23-11-6-12-24-36/h4-14,16-17,19-26,29,33,38,42H,2-3,15,18,27-28,30H2,1H3,(H,43,44)/t33?,38-/m0/s1. The second-order valence-electron chi connectivity index (χ2n) is 12.3. The molecule has 0 heterocycles. The highest BCUT2D eigenvalue weighted by Crippen LogP contribution is 2.38. The number of carbonyl (C=O) groups excluding carboxylic acids is 1. The summed E-state index contributed by atoms with van der Waals surface area (Å²) in [5, 5.41) is 15.9. The van der Waals surface area contributed by atoms with Gasteiger partial charge in [0.25, 0.3) is 10.1 Å². The Kier molecular flexibility index (Phi) is 12.5. The second kappa shape index (κ2) is 17.2. The average molecular weight is 694 g/mol. The lowest BCUT2D eigenvalue weighted by atomic mass is 9.76. The van der Waals surface area contributed by atoms with Gasteiger partial charge in [0.05, 0.1) is 29.6 Å². The van der Waals surface area contributed by atoms with Crippen LogP contribution in [-0.4, -0.2) is 44.7 Å². The van der Waals surface area contributed by atoms with Crippen molar-refractivity contribution >= 4 is 32.8 Å². The van der Waals surface area contributed by atoms with Gasteiger partial charge in [-0.3, -0.25) is 19.1 Å². The number of hydrogen-bond acceptors (Lipinski definition) is 7. The SMILES string of the molecule is CCCCOC(=O)C(CCCOS(=O)(=O)c1ccc2ccccc2c1)C[C@H](NC(c1ccccc1)(c1ccccc1)c1ccccc1)C(=O)O. The minimum Gasteiger partial charge on any atom is -0.480 e. The first-order chi connectivity index (χ1) is 24.2. The third kappa shape index (κ3) is 8.84. The molecular formula is C41H43NO7S. The van der Waals surface area contributed by atoms with Crippen molar-refractivity contribution in [3.05, 3.63) is 150 Å². The summed E-state index contributed by atoms with van der Waals surface area (Å²) in [5.41, 5.74) is 1.41. The highest BCUT2D eigenvalue weighted by atomic mass is 32.2. The van der Waals surface area contributed by atoms with Gasteiger partial charge >= 0.3 is 11.9 Å².